The van der Waals surface area contributed by atoms with Gasteiger partial charge in [0.2, 0.25) is 0 Å². The van der Waals surface area contributed by atoms with Gasteiger partial charge < -0.3 is 9.64 Å². The van der Waals surface area contributed by atoms with E-state index in [-0.39, 0.29) is 5.78 Å². The van der Waals surface area contributed by atoms with E-state index in [9.17, 15) is 4.79 Å². The summed E-state index contributed by atoms with van der Waals surface area (Å²) in [5.41, 5.74) is 1.34. The van der Waals surface area contributed by atoms with Crippen molar-refractivity contribution in [2.45, 2.75) is 0 Å². The van der Waals surface area contributed by atoms with Crippen LogP contribution in [0.2, 0.25) is 0 Å². The van der Waals surface area contributed by atoms with Gasteiger partial charge in [-0.1, -0.05) is 54.6 Å². The Morgan fingerprint density at radius 2 is 1.62 bits per heavy atom. The van der Waals surface area contributed by atoms with Gasteiger partial charge in [0.1, 0.15) is 12.4 Å². The van der Waals surface area contributed by atoms with E-state index in [1.807, 2.05) is 80.8 Å². The number of carbonyl (C=O) groups excluding carboxylic acids is 1. The summed E-state index contributed by atoms with van der Waals surface area (Å²) < 4.78 is 5.96. The van der Waals surface area contributed by atoms with Gasteiger partial charge in [-0.15, -0.1) is 0 Å². The van der Waals surface area contributed by atoms with Gasteiger partial charge in [0.15, 0.2) is 5.78 Å². The monoisotopic (exact) mass is 319 g/mol. The summed E-state index contributed by atoms with van der Waals surface area (Å²) in [6.45, 7) is 1.41. The number of hydrogen-bond donors (Lipinski definition) is 0. The topological polar surface area (TPSA) is 29.5 Å². The highest BCUT2D eigenvalue weighted by atomic mass is 16.5. The molecule has 0 N–H and O–H groups in total. The Hall–Kier alpha value is -2.65. The molecule has 3 nitrogen and oxygen atoms in total. The Labute approximate surface area is 142 Å². The van der Waals surface area contributed by atoms with Crippen molar-refractivity contribution in [3.8, 4) is 5.75 Å². The van der Waals surface area contributed by atoms with Gasteiger partial charge in [-0.05, 0) is 31.6 Å². The number of nitrogens with zero attached hydrogens (tertiary/aromatic N) is 1. The zero-order chi connectivity index (χ0) is 16.9. The van der Waals surface area contributed by atoms with Gasteiger partial charge in [-0.3, -0.25) is 4.79 Å². The largest absolute Gasteiger partial charge is 0.492 e. The molecule has 3 aromatic rings. The van der Waals surface area contributed by atoms with Crippen LogP contribution >= 0.6 is 0 Å². The molecule has 0 spiro atoms. The number of carbonyl (C=O) groups is 1. The van der Waals surface area contributed by atoms with Crippen LogP contribution in [0.15, 0.2) is 66.7 Å². The molecule has 0 saturated heterocycles. The van der Waals surface area contributed by atoms with Crippen molar-refractivity contribution in [3.05, 3.63) is 77.9 Å². The summed E-state index contributed by atoms with van der Waals surface area (Å²) in [5, 5.41) is 2.04. The van der Waals surface area contributed by atoms with Gasteiger partial charge in [0, 0.05) is 23.1 Å². The van der Waals surface area contributed by atoms with Gasteiger partial charge >= 0.3 is 0 Å². The average Bonchev–Trinajstić information content (AvgIpc) is 2.61. The lowest BCUT2D eigenvalue weighted by Crippen LogP contribution is -2.19. The maximum atomic E-state index is 12.8. The quantitative estimate of drug-likeness (QED) is 0.643. The average molecular weight is 319 g/mol. The first kappa shape index (κ1) is 16.2. The number of hydrogen-bond acceptors (Lipinski definition) is 3. The second-order valence-corrected chi connectivity index (χ2v) is 6.04. The van der Waals surface area contributed by atoms with Crippen LogP contribution in [0.5, 0.6) is 5.75 Å². The fourth-order valence-electron chi connectivity index (χ4n) is 2.62. The first-order chi connectivity index (χ1) is 11.6. The van der Waals surface area contributed by atoms with Crippen molar-refractivity contribution < 1.29 is 9.53 Å². The summed E-state index contributed by atoms with van der Waals surface area (Å²) >= 11 is 0. The van der Waals surface area contributed by atoms with Crippen LogP contribution in [0.1, 0.15) is 15.9 Å². The first-order valence-corrected chi connectivity index (χ1v) is 8.05. The van der Waals surface area contributed by atoms with Crippen LogP contribution in [0, 0.1) is 0 Å². The highest BCUT2D eigenvalue weighted by Gasteiger charge is 2.13. The zero-order valence-electron chi connectivity index (χ0n) is 14.0. The standard InChI is InChI=1S/C21H21NO2/c1-22(2)12-13-24-20-15-18(14-17-10-6-7-11-19(17)20)21(23)16-8-4-3-5-9-16/h3-11,14-15H,12-13H2,1-2H3. The highest BCUT2D eigenvalue weighted by molar-refractivity contribution is 6.11. The van der Waals surface area contributed by atoms with E-state index in [2.05, 4.69) is 4.90 Å². The predicted octanol–water partition coefficient (Wildman–Crippen LogP) is 4.01. The molecule has 0 unspecified atom stereocenters. The molecule has 0 heterocycles. The Bertz CT molecular complexity index is 841. The van der Waals surface area contributed by atoms with Crippen molar-refractivity contribution in [1.29, 1.82) is 0 Å². The fourth-order valence-corrected chi connectivity index (χ4v) is 2.62. The second kappa shape index (κ2) is 7.28. The number of ether oxygens (including phenoxy) is 1. The maximum Gasteiger partial charge on any atom is 0.193 e. The fraction of sp³-hybridized carbons (Fsp3) is 0.190. The third kappa shape index (κ3) is 3.63. The molecule has 0 bridgehead atoms. The van der Waals surface area contributed by atoms with Crippen LogP contribution in [0.4, 0.5) is 0 Å². The molecule has 0 atom stereocenters. The Morgan fingerprint density at radius 3 is 2.38 bits per heavy atom. The normalized spacial score (nSPS) is 11.0. The van der Waals surface area contributed by atoms with Crippen molar-refractivity contribution in [2.24, 2.45) is 0 Å². The highest BCUT2D eigenvalue weighted by Crippen LogP contribution is 2.28. The molecule has 24 heavy (non-hydrogen) atoms. The lowest BCUT2D eigenvalue weighted by Gasteiger charge is -2.14. The van der Waals surface area contributed by atoms with Crippen LogP contribution < -0.4 is 4.74 Å². The Morgan fingerprint density at radius 1 is 0.917 bits per heavy atom. The lowest BCUT2D eigenvalue weighted by molar-refractivity contribution is 0.103. The van der Waals surface area contributed by atoms with Crippen molar-refractivity contribution in [3.63, 3.8) is 0 Å². The van der Waals surface area contributed by atoms with E-state index >= 15 is 0 Å². The molecule has 0 fully saturated rings. The maximum absolute atomic E-state index is 12.8. The molecule has 0 aliphatic rings. The minimum Gasteiger partial charge on any atom is -0.492 e. The molecular weight excluding hydrogens is 298 g/mol. The first-order valence-electron chi connectivity index (χ1n) is 8.05. The molecule has 3 heteroatoms. The Kier molecular flexibility index (Phi) is 4.92. The summed E-state index contributed by atoms with van der Waals surface area (Å²) in [6, 6.07) is 21.1. The van der Waals surface area contributed by atoms with Crippen LogP contribution in [-0.4, -0.2) is 37.9 Å². The summed E-state index contributed by atoms with van der Waals surface area (Å²) in [4.78, 5) is 14.8. The van der Waals surface area contributed by atoms with Crippen LogP contribution in [-0.2, 0) is 0 Å². The summed E-state index contributed by atoms with van der Waals surface area (Å²) in [5.74, 6) is 0.771. The molecule has 0 aliphatic heterocycles. The number of fused-ring (bicyclic) bond motifs is 1. The van der Waals surface area contributed by atoms with E-state index in [1.165, 1.54) is 0 Å². The second-order valence-electron chi connectivity index (χ2n) is 6.04. The third-order valence-electron chi connectivity index (χ3n) is 3.92. The number of likely N-dealkylation sites (N-methyl/N-ethyl adjacent to an activating group) is 1. The van der Waals surface area contributed by atoms with Crippen molar-refractivity contribution in [1.82, 2.24) is 4.90 Å². The number of ketones is 1. The van der Waals surface area contributed by atoms with Gasteiger partial charge in [-0.2, -0.15) is 0 Å². The van der Waals surface area contributed by atoms with E-state index in [0.717, 1.165) is 23.1 Å². The molecular formula is C21H21NO2. The lowest BCUT2D eigenvalue weighted by atomic mass is 9.99. The molecule has 0 radical (unpaired) electrons. The van der Waals surface area contributed by atoms with Gasteiger partial charge in [0.05, 0.1) is 0 Å². The summed E-state index contributed by atoms with van der Waals surface area (Å²) in [6.07, 6.45) is 0. The zero-order valence-corrected chi connectivity index (χ0v) is 14.0. The van der Waals surface area contributed by atoms with E-state index in [1.54, 1.807) is 0 Å². The number of rotatable bonds is 6. The molecule has 0 saturated carbocycles. The third-order valence-corrected chi connectivity index (χ3v) is 3.92. The van der Waals surface area contributed by atoms with Gasteiger partial charge in [-0.25, -0.2) is 0 Å². The number of benzene rings is 3. The smallest absolute Gasteiger partial charge is 0.193 e. The van der Waals surface area contributed by atoms with E-state index < -0.39 is 0 Å². The molecule has 0 aromatic heterocycles. The SMILES string of the molecule is CN(C)CCOc1cc(C(=O)c2ccccc2)cc2ccccc12. The predicted molar refractivity (Wildman–Crippen MR) is 97.9 cm³/mol. The van der Waals surface area contributed by atoms with Crippen LogP contribution in [0.3, 0.4) is 0 Å². The van der Waals surface area contributed by atoms with E-state index in [4.69, 9.17) is 4.74 Å². The van der Waals surface area contributed by atoms with Crippen molar-refractivity contribution >= 4 is 16.6 Å². The molecule has 0 aliphatic carbocycles. The molecule has 3 aromatic carbocycles. The van der Waals surface area contributed by atoms with E-state index in [0.29, 0.717) is 17.7 Å². The van der Waals surface area contributed by atoms with Gasteiger partial charge in [0.25, 0.3) is 0 Å². The summed E-state index contributed by atoms with van der Waals surface area (Å²) in [7, 11) is 4.02. The molecule has 3 rings (SSSR count). The van der Waals surface area contributed by atoms with Crippen LogP contribution in [0.25, 0.3) is 10.8 Å². The minimum absolute atomic E-state index is 0.0128. The Balaban J connectivity index is 1.98. The van der Waals surface area contributed by atoms with Crippen molar-refractivity contribution in [2.75, 3.05) is 27.2 Å². The molecule has 122 valence electrons. The minimum atomic E-state index is 0.0128. The molecule has 0 amide bonds.